The Balaban J connectivity index is 1.50. The van der Waals surface area contributed by atoms with E-state index in [-0.39, 0.29) is 12.5 Å². The molecule has 0 heterocycles. The van der Waals surface area contributed by atoms with Crippen molar-refractivity contribution in [2.75, 3.05) is 31.0 Å². The Morgan fingerprint density at radius 3 is 2.36 bits per heavy atom. The molecule has 39 heavy (non-hydrogen) atoms. The fourth-order valence-corrected chi connectivity index (χ4v) is 3.34. The maximum atomic E-state index is 12.4. The van der Waals surface area contributed by atoms with Gasteiger partial charge in [0.05, 0.1) is 19.9 Å². The molecule has 3 amide bonds. The number of aryl methyl sites for hydroxylation is 2. The Morgan fingerprint density at radius 1 is 0.872 bits per heavy atom. The van der Waals surface area contributed by atoms with Gasteiger partial charge < -0.3 is 24.8 Å². The molecule has 0 aliphatic heterocycles. The molecule has 0 fully saturated rings. The quantitative estimate of drug-likeness (QED) is 0.193. The van der Waals surface area contributed by atoms with Crippen molar-refractivity contribution in [3.8, 4) is 17.2 Å². The van der Waals surface area contributed by atoms with Crippen molar-refractivity contribution >= 4 is 35.3 Å². The summed E-state index contributed by atoms with van der Waals surface area (Å²) in [5.74, 6) is -0.696. The maximum absolute atomic E-state index is 12.4. The molecule has 10 nitrogen and oxygen atoms in total. The van der Waals surface area contributed by atoms with Crippen LogP contribution in [0.15, 0.2) is 65.8 Å². The van der Waals surface area contributed by atoms with Crippen LogP contribution < -0.4 is 30.3 Å². The number of anilines is 2. The minimum Gasteiger partial charge on any atom is -0.494 e. The number of hydrogen-bond acceptors (Lipinski definition) is 7. The van der Waals surface area contributed by atoms with E-state index in [0.717, 1.165) is 23.2 Å². The van der Waals surface area contributed by atoms with E-state index in [0.29, 0.717) is 35.1 Å². The number of rotatable bonds is 11. The number of hydrogen-bond donors (Lipinski definition) is 3. The highest BCUT2D eigenvalue weighted by molar-refractivity contribution is 6.39. The molecular weight excluding hydrogens is 500 g/mol. The molecule has 0 atom stereocenters. The second-order valence-electron chi connectivity index (χ2n) is 8.59. The van der Waals surface area contributed by atoms with Crippen LogP contribution in [0.25, 0.3) is 0 Å². The zero-order valence-corrected chi connectivity index (χ0v) is 22.4. The van der Waals surface area contributed by atoms with E-state index < -0.39 is 11.8 Å². The molecular formula is C29H32N4O6. The number of ether oxygens (including phenoxy) is 3. The lowest BCUT2D eigenvalue weighted by Crippen LogP contribution is -2.32. The van der Waals surface area contributed by atoms with E-state index in [1.807, 2.05) is 39.0 Å². The Labute approximate surface area is 227 Å². The summed E-state index contributed by atoms with van der Waals surface area (Å²) in [6.07, 6.45) is 2.24. The van der Waals surface area contributed by atoms with Crippen molar-refractivity contribution in [1.29, 1.82) is 0 Å². The molecule has 3 aromatic carbocycles. The van der Waals surface area contributed by atoms with Crippen molar-refractivity contribution in [3.05, 3.63) is 77.4 Å². The highest BCUT2D eigenvalue weighted by Crippen LogP contribution is 2.27. The fourth-order valence-electron chi connectivity index (χ4n) is 3.34. The minimum atomic E-state index is -0.931. The molecule has 3 N–H and O–H groups in total. The number of nitrogens with zero attached hydrogens (tertiary/aromatic N) is 1. The predicted octanol–water partition coefficient (Wildman–Crippen LogP) is 4.21. The average Bonchev–Trinajstić information content (AvgIpc) is 2.93. The van der Waals surface area contributed by atoms with Crippen LogP contribution in [0.5, 0.6) is 17.2 Å². The smallest absolute Gasteiger partial charge is 0.329 e. The molecule has 0 bridgehead atoms. The lowest BCUT2D eigenvalue weighted by atomic mass is 10.1. The van der Waals surface area contributed by atoms with Crippen LogP contribution in [-0.4, -0.2) is 44.3 Å². The molecule has 0 spiro atoms. The van der Waals surface area contributed by atoms with Crippen LogP contribution >= 0.6 is 0 Å². The minimum absolute atomic E-state index is 0.211. The molecule has 3 rings (SSSR count). The van der Waals surface area contributed by atoms with Gasteiger partial charge in [0.25, 0.3) is 5.91 Å². The van der Waals surface area contributed by atoms with Gasteiger partial charge in [0.1, 0.15) is 5.75 Å². The molecule has 0 unspecified atom stereocenters. The zero-order valence-electron chi connectivity index (χ0n) is 22.4. The van der Waals surface area contributed by atoms with Crippen molar-refractivity contribution in [2.45, 2.75) is 27.2 Å². The van der Waals surface area contributed by atoms with Crippen molar-refractivity contribution in [3.63, 3.8) is 0 Å². The molecule has 0 aromatic heterocycles. The van der Waals surface area contributed by atoms with E-state index in [2.05, 4.69) is 21.2 Å². The Kier molecular flexibility index (Phi) is 10.4. The summed E-state index contributed by atoms with van der Waals surface area (Å²) in [5.41, 5.74) is 5.92. The zero-order chi connectivity index (χ0) is 28.2. The maximum Gasteiger partial charge on any atom is 0.329 e. The molecule has 0 saturated heterocycles. The Hall–Kier alpha value is -4.86. The number of benzene rings is 3. The number of amides is 3. The van der Waals surface area contributed by atoms with Gasteiger partial charge in [-0.3, -0.25) is 14.4 Å². The lowest BCUT2D eigenvalue weighted by Gasteiger charge is -2.12. The highest BCUT2D eigenvalue weighted by atomic mass is 16.5. The molecule has 204 valence electrons. The number of hydrazone groups is 1. The van der Waals surface area contributed by atoms with Gasteiger partial charge in [0.2, 0.25) is 0 Å². The largest absolute Gasteiger partial charge is 0.494 e. The van der Waals surface area contributed by atoms with Gasteiger partial charge >= 0.3 is 11.8 Å². The van der Waals surface area contributed by atoms with Crippen LogP contribution in [-0.2, 0) is 14.4 Å². The van der Waals surface area contributed by atoms with E-state index in [1.54, 1.807) is 42.5 Å². The van der Waals surface area contributed by atoms with Gasteiger partial charge in [0.15, 0.2) is 18.1 Å². The van der Waals surface area contributed by atoms with Crippen molar-refractivity contribution < 1.29 is 28.6 Å². The molecule has 0 aliphatic carbocycles. The van der Waals surface area contributed by atoms with Gasteiger partial charge in [0, 0.05) is 11.4 Å². The van der Waals surface area contributed by atoms with Crippen LogP contribution in [0.2, 0.25) is 0 Å². The predicted molar refractivity (Wildman–Crippen MR) is 150 cm³/mol. The fraction of sp³-hybridized carbons (Fsp3) is 0.241. The summed E-state index contributed by atoms with van der Waals surface area (Å²) < 4.78 is 16.5. The number of nitrogens with one attached hydrogen (secondary N) is 3. The van der Waals surface area contributed by atoms with Crippen molar-refractivity contribution in [2.24, 2.45) is 5.10 Å². The lowest BCUT2D eigenvalue weighted by molar-refractivity contribution is -0.136. The normalized spacial score (nSPS) is 10.6. The van der Waals surface area contributed by atoms with E-state index in [1.165, 1.54) is 13.3 Å². The first-order valence-corrected chi connectivity index (χ1v) is 12.3. The number of carbonyl (C=O) groups excluding carboxylic acids is 3. The summed E-state index contributed by atoms with van der Waals surface area (Å²) in [6.45, 7) is 6.26. The summed E-state index contributed by atoms with van der Waals surface area (Å²) >= 11 is 0. The van der Waals surface area contributed by atoms with E-state index >= 15 is 0 Å². The molecule has 0 aliphatic rings. The third-order valence-electron chi connectivity index (χ3n) is 5.38. The number of methoxy groups -OCH3 is 1. The second-order valence-corrected chi connectivity index (χ2v) is 8.59. The molecule has 3 aromatic rings. The van der Waals surface area contributed by atoms with E-state index in [4.69, 9.17) is 14.2 Å². The first-order chi connectivity index (χ1) is 18.8. The van der Waals surface area contributed by atoms with Crippen molar-refractivity contribution in [1.82, 2.24) is 5.43 Å². The van der Waals surface area contributed by atoms with Gasteiger partial charge in [-0.2, -0.15) is 5.10 Å². The standard InChI is InChI=1S/C29H32N4O6/c1-5-14-38-23-11-9-22(10-12-23)31-28(35)29(36)33-30-17-21-8-13-25(26(16-21)37-4)39-18-27(34)32-24-15-19(2)6-7-20(24)3/h6-13,15-17H,5,14,18H2,1-4H3,(H,31,35)(H,32,34)(H,33,36)/b30-17-. The first-order valence-electron chi connectivity index (χ1n) is 12.3. The van der Waals surface area contributed by atoms with Crippen LogP contribution in [0.1, 0.15) is 30.0 Å². The summed E-state index contributed by atoms with van der Waals surface area (Å²) in [6, 6.07) is 17.4. The van der Waals surface area contributed by atoms with Crippen LogP contribution in [0.3, 0.4) is 0 Å². The molecule has 10 heteroatoms. The number of carbonyl (C=O) groups is 3. The topological polar surface area (TPSA) is 127 Å². The summed E-state index contributed by atoms with van der Waals surface area (Å²) in [4.78, 5) is 36.6. The second kappa shape index (κ2) is 14.2. The molecule has 0 radical (unpaired) electrons. The average molecular weight is 533 g/mol. The van der Waals surface area contributed by atoms with Gasteiger partial charge in [-0.25, -0.2) is 5.43 Å². The van der Waals surface area contributed by atoms with Gasteiger partial charge in [-0.1, -0.05) is 19.1 Å². The monoisotopic (exact) mass is 532 g/mol. The third-order valence-corrected chi connectivity index (χ3v) is 5.38. The van der Waals surface area contributed by atoms with Gasteiger partial charge in [-0.15, -0.1) is 0 Å². The molecule has 0 saturated carbocycles. The van der Waals surface area contributed by atoms with E-state index in [9.17, 15) is 14.4 Å². The summed E-state index contributed by atoms with van der Waals surface area (Å²) in [5, 5.41) is 9.16. The van der Waals surface area contributed by atoms with Crippen LogP contribution in [0.4, 0.5) is 11.4 Å². The Bertz CT molecular complexity index is 1340. The third kappa shape index (κ3) is 8.89. The first kappa shape index (κ1) is 28.7. The summed E-state index contributed by atoms with van der Waals surface area (Å²) in [7, 11) is 1.47. The van der Waals surface area contributed by atoms with Crippen LogP contribution in [0, 0.1) is 13.8 Å². The highest BCUT2D eigenvalue weighted by Gasteiger charge is 2.13. The van der Waals surface area contributed by atoms with Gasteiger partial charge in [-0.05, 0) is 85.5 Å². The Morgan fingerprint density at radius 2 is 1.64 bits per heavy atom. The SMILES string of the molecule is CCCOc1ccc(NC(=O)C(=O)N/N=C\c2ccc(OCC(=O)Nc3cc(C)ccc3C)c(OC)c2)cc1.